The number of hydrogen-bond acceptors (Lipinski definition) is 2. The summed E-state index contributed by atoms with van der Waals surface area (Å²) in [6.07, 6.45) is -3.81. The van der Waals surface area contributed by atoms with Crippen molar-refractivity contribution in [3.8, 4) is 11.1 Å². The van der Waals surface area contributed by atoms with Gasteiger partial charge in [0.15, 0.2) is 0 Å². The Balaban J connectivity index is 1.35. The number of piperazine rings is 1. The van der Waals surface area contributed by atoms with Gasteiger partial charge in [0.25, 0.3) is 0 Å². The van der Waals surface area contributed by atoms with Crippen LogP contribution >= 0.6 is 0 Å². The number of benzene rings is 4. The Morgan fingerprint density at radius 3 is 2.10 bits per heavy atom. The number of para-hydroxylation sites is 1. The lowest BCUT2D eigenvalue weighted by atomic mass is 9.96. The van der Waals surface area contributed by atoms with Crippen molar-refractivity contribution in [3.63, 3.8) is 0 Å². The molecule has 1 fully saturated rings. The number of halogens is 3. The number of nitrogens with zero attached hydrogens (tertiary/aromatic N) is 2. The highest BCUT2D eigenvalue weighted by Crippen LogP contribution is 2.38. The quantitative estimate of drug-likeness (QED) is 0.284. The molecule has 200 valence electrons. The Kier molecular flexibility index (Phi) is 7.98. The van der Waals surface area contributed by atoms with Crippen LogP contribution in [0.5, 0.6) is 0 Å². The maximum atomic E-state index is 14.1. The van der Waals surface area contributed by atoms with E-state index in [0.29, 0.717) is 43.7 Å². The van der Waals surface area contributed by atoms with Gasteiger partial charge in [-0.25, -0.2) is 4.79 Å². The van der Waals surface area contributed by atoms with Gasteiger partial charge in [0.05, 0.1) is 11.6 Å². The topological polar surface area (TPSA) is 35.6 Å². The van der Waals surface area contributed by atoms with Gasteiger partial charge in [-0.05, 0) is 46.9 Å². The number of carbonyl (C=O) groups excluding carboxylic acids is 1. The molecule has 39 heavy (non-hydrogen) atoms. The molecule has 0 spiro atoms. The molecule has 0 aromatic heterocycles. The molecule has 0 bridgehead atoms. The van der Waals surface area contributed by atoms with Crippen LogP contribution in [-0.4, -0.2) is 41.5 Å². The number of amides is 2. The van der Waals surface area contributed by atoms with E-state index in [1.54, 1.807) is 42.5 Å². The average Bonchev–Trinajstić information content (AvgIpc) is 2.94. The first-order valence-electron chi connectivity index (χ1n) is 13.0. The van der Waals surface area contributed by atoms with Gasteiger partial charge in [0, 0.05) is 31.9 Å². The minimum absolute atomic E-state index is 0.129. The zero-order valence-corrected chi connectivity index (χ0v) is 21.4. The first-order chi connectivity index (χ1) is 18.9. The van der Waals surface area contributed by atoms with Gasteiger partial charge in [0.1, 0.15) is 0 Å². The summed E-state index contributed by atoms with van der Waals surface area (Å²) < 4.78 is 42.2. The van der Waals surface area contributed by atoms with Crippen molar-refractivity contribution < 1.29 is 18.0 Å². The molecular formula is C32H30F3N3O. The predicted octanol–water partition coefficient (Wildman–Crippen LogP) is 7.33. The fourth-order valence-electron chi connectivity index (χ4n) is 5.16. The molecule has 0 radical (unpaired) electrons. The van der Waals surface area contributed by atoms with Gasteiger partial charge in [0.2, 0.25) is 0 Å². The lowest BCUT2D eigenvalue weighted by Gasteiger charge is -2.41. The van der Waals surface area contributed by atoms with Crippen LogP contribution < -0.4 is 5.32 Å². The van der Waals surface area contributed by atoms with Gasteiger partial charge < -0.3 is 10.2 Å². The molecule has 4 nitrogen and oxygen atoms in total. The molecule has 7 heteroatoms. The molecule has 1 aliphatic heterocycles. The lowest BCUT2D eigenvalue weighted by molar-refractivity contribution is -0.137. The number of urea groups is 1. The molecular weight excluding hydrogens is 499 g/mol. The molecule has 4 aromatic carbocycles. The number of alkyl halides is 3. The third-order valence-corrected chi connectivity index (χ3v) is 7.05. The smallest absolute Gasteiger partial charge is 0.319 e. The van der Waals surface area contributed by atoms with Gasteiger partial charge in [-0.15, -0.1) is 0 Å². The van der Waals surface area contributed by atoms with E-state index in [4.69, 9.17) is 0 Å². The maximum Gasteiger partial charge on any atom is 0.417 e. The number of nitrogens with one attached hydrogen (secondary N) is 1. The molecule has 1 heterocycles. The molecule has 1 N–H and O–H groups in total. The van der Waals surface area contributed by atoms with Crippen LogP contribution in [0, 0.1) is 0 Å². The van der Waals surface area contributed by atoms with Gasteiger partial charge >= 0.3 is 12.2 Å². The second-order valence-electron chi connectivity index (χ2n) is 9.81. The minimum Gasteiger partial charge on any atom is -0.319 e. The highest BCUT2D eigenvalue weighted by molar-refractivity contribution is 5.89. The highest BCUT2D eigenvalue weighted by atomic mass is 19.4. The van der Waals surface area contributed by atoms with Crippen LogP contribution in [0.3, 0.4) is 0 Å². The highest BCUT2D eigenvalue weighted by Gasteiger charge is 2.35. The summed E-state index contributed by atoms with van der Waals surface area (Å²) >= 11 is 0. The van der Waals surface area contributed by atoms with Crippen molar-refractivity contribution in [1.29, 1.82) is 0 Å². The Morgan fingerprint density at radius 2 is 1.44 bits per heavy atom. The molecule has 0 aliphatic carbocycles. The second kappa shape index (κ2) is 11.7. The fraction of sp³-hybridized carbons (Fsp3) is 0.219. The molecule has 5 rings (SSSR count). The Morgan fingerprint density at radius 1 is 0.795 bits per heavy atom. The summed E-state index contributed by atoms with van der Waals surface area (Å²) in [6.45, 7) is 1.97. The van der Waals surface area contributed by atoms with Crippen LogP contribution in [0.2, 0.25) is 0 Å². The summed E-state index contributed by atoms with van der Waals surface area (Å²) in [5.41, 5.74) is 2.51. The van der Waals surface area contributed by atoms with Crippen molar-refractivity contribution >= 4 is 11.7 Å². The lowest BCUT2D eigenvalue weighted by Crippen LogP contribution is -2.56. The fourth-order valence-corrected chi connectivity index (χ4v) is 5.16. The summed E-state index contributed by atoms with van der Waals surface area (Å²) in [6, 6.07) is 32.2. The molecule has 0 saturated carbocycles. The Labute approximate surface area is 226 Å². The van der Waals surface area contributed by atoms with Gasteiger partial charge in [-0.1, -0.05) is 91.0 Å². The van der Waals surface area contributed by atoms with Crippen LogP contribution in [0.4, 0.5) is 23.7 Å². The molecule has 2 amide bonds. The van der Waals surface area contributed by atoms with Crippen molar-refractivity contribution in [2.45, 2.75) is 25.2 Å². The van der Waals surface area contributed by atoms with Crippen molar-refractivity contribution in [2.75, 3.05) is 25.0 Å². The number of carbonyl (C=O) groups is 1. The van der Waals surface area contributed by atoms with E-state index in [2.05, 4.69) is 10.2 Å². The first kappa shape index (κ1) is 26.5. The number of rotatable bonds is 6. The SMILES string of the molecule is O=C(Nc1ccccc1)N1CCN(Cc2ccc(-c3ccccc3)c(C(F)(F)F)c2)CC1Cc1ccccc1. The summed E-state index contributed by atoms with van der Waals surface area (Å²) in [4.78, 5) is 17.2. The van der Waals surface area contributed by atoms with E-state index in [1.165, 1.54) is 6.07 Å². The summed E-state index contributed by atoms with van der Waals surface area (Å²) in [5, 5.41) is 2.98. The normalized spacial score (nSPS) is 16.2. The van der Waals surface area contributed by atoms with E-state index in [1.807, 2.05) is 65.6 Å². The molecule has 1 saturated heterocycles. The Bertz CT molecular complexity index is 1380. The predicted molar refractivity (Wildman–Crippen MR) is 148 cm³/mol. The standard InChI is InChI=1S/C32H30F3N3O/c33-32(34,35)30-21-25(16-17-29(30)26-12-6-2-7-13-26)22-37-18-19-38(31(39)36-27-14-8-3-9-15-27)28(23-37)20-24-10-4-1-5-11-24/h1-17,21,28H,18-20,22-23H2,(H,36,39). The molecule has 4 aromatic rings. The van der Waals surface area contributed by atoms with Crippen molar-refractivity contribution in [3.05, 3.63) is 126 Å². The second-order valence-corrected chi connectivity index (χ2v) is 9.81. The first-order valence-corrected chi connectivity index (χ1v) is 13.0. The molecule has 1 atom stereocenters. The van der Waals surface area contributed by atoms with Gasteiger partial charge in [-0.3, -0.25) is 4.90 Å². The van der Waals surface area contributed by atoms with E-state index >= 15 is 0 Å². The van der Waals surface area contributed by atoms with Crippen LogP contribution in [0.15, 0.2) is 109 Å². The zero-order chi connectivity index (χ0) is 27.2. The van der Waals surface area contributed by atoms with Crippen molar-refractivity contribution in [2.24, 2.45) is 0 Å². The van der Waals surface area contributed by atoms with Crippen LogP contribution in [0.25, 0.3) is 11.1 Å². The Hall–Kier alpha value is -4.10. The van der Waals surface area contributed by atoms with Gasteiger partial charge in [-0.2, -0.15) is 13.2 Å². The van der Waals surface area contributed by atoms with E-state index in [-0.39, 0.29) is 17.6 Å². The largest absolute Gasteiger partial charge is 0.417 e. The number of hydrogen-bond donors (Lipinski definition) is 1. The summed E-state index contributed by atoms with van der Waals surface area (Å²) in [5.74, 6) is 0. The third-order valence-electron chi connectivity index (χ3n) is 7.05. The summed E-state index contributed by atoms with van der Waals surface area (Å²) in [7, 11) is 0. The molecule has 1 unspecified atom stereocenters. The minimum atomic E-state index is -4.47. The van der Waals surface area contributed by atoms with Crippen LogP contribution in [0.1, 0.15) is 16.7 Å². The van der Waals surface area contributed by atoms with E-state index < -0.39 is 11.7 Å². The number of anilines is 1. The van der Waals surface area contributed by atoms with E-state index in [0.717, 1.165) is 11.3 Å². The van der Waals surface area contributed by atoms with Crippen LogP contribution in [-0.2, 0) is 19.1 Å². The maximum absolute atomic E-state index is 14.1. The average molecular weight is 530 g/mol. The monoisotopic (exact) mass is 529 g/mol. The molecule has 1 aliphatic rings. The zero-order valence-electron chi connectivity index (χ0n) is 21.4. The third kappa shape index (κ3) is 6.67. The van der Waals surface area contributed by atoms with Crippen molar-refractivity contribution in [1.82, 2.24) is 9.80 Å². The van der Waals surface area contributed by atoms with E-state index in [9.17, 15) is 18.0 Å².